The summed E-state index contributed by atoms with van der Waals surface area (Å²) in [6.45, 7) is 4.43. The number of carbonyl (C=O) groups excluding carboxylic acids is 2. The van der Waals surface area contributed by atoms with Gasteiger partial charge >= 0.3 is 0 Å². The Kier molecular flexibility index (Phi) is 7.29. The van der Waals surface area contributed by atoms with Crippen molar-refractivity contribution < 1.29 is 19.4 Å². The third-order valence-electron chi connectivity index (χ3n) is 5.37. The molecule has 0 radical (unpaired) electrons. The minimum atomic E-state index is -0.737. The summed E-state index contributed by atoms with van der Waals surface area (Å²) in [7, 11) is 1.41. The molecule has 1 unspecified atom stereocenters. The fourth-order valence-corrected chi connectivity index (χ4v) is 4.49. The van der Waals surface area contributed by atoms with E-state index in [2.05, 4.69) is 6.92 Å². The molecule has 1 amide bonds. The van der Waals surface area contributed by atoms with Crippen LogP contribution in [0.25, 0.3) is 5.76 Å². The summed E-state index contributed by atoms with van der Waals surface area (Å²) in [6.07, 6.45) is 2.68. The number of nitrogens with zero attached hydrogens (tertiary/aromatic N) is 1. The Morgan fingerprint density at radius 3 is 2.55 bits per heavy atom. The fraction of sp³-hybridized carbons (Fsp3) is 0.333. The van der Waals surface area contributed by atoms with Gasteiger partial charge in [-0.1, -0.05) is 72.8 Å². The zero-order chi connectivity index (χ0) is 22.7. The van der Waals surface area contributed by atoms with Gasteiger partial charge in [0.2, 0.25) is 0 Å². The van der Waals surface area contributed by atoms with Gasteiger partial charge in [-0.05, 0) is 31.0 Å². The molecular formula is C24H25Cl2NO4. The van der Waals surface area contributed by atoms with E-state index in [4.69, 9.17) is 27.9 Å². The van der Waals surface area contributed by atoms with Crippen LogP contribution in [0.5, 0.6) is 5.75 Å². The minimum Gasteiger partial charge on any atom is -0.507 e. The average molecular weight is 462 g/mol. The highest BCUT2D eigenvalue weighted by Gasteiger charge is 2.46. The number of carbonyl (C=O) groups is 2. The average Bonchev–Trinajstić information content (AvgIpc) is 2.98. The number of ether oxygens (including phenoxy) is 1. The van der Waals surface area contributed by atoms with E-state index < -0.39 is 17.7 Å². The lowest BCUT2D eigenvalue weighted by atomic mass is 9.94. The van der Waals surface area contributed by atoms with E-state index in [0.717, 1.165) is 30.4 Å². The van der Waals surface area contributed by atoms with E-state index in [1.807, 2.05) is 31.2 Å². The van der Waals surface area contributed by atoms with E-state index in [-0.39, 0.29) is 32.7 Å². The molecule has 7 heteroatoms. The summed E-state index contributed by atoms with van der Waals surface area (Å²) in [6, 6.07) is 9.82. The minimum absolute atomic E-state index is 0.00346. The summed E-state index contributed by atoms with van der Waals surface area (Å²) in [4.78, 5) is 27.6. The number of Topliss-reactive ketones (excluding diaryl/α,β-unsaturated/α-hetero) is 1. The number of unbranched alkanes of at least 4 members (excludes halogenated alkanes) is 2. The van der Waals surface area contributed by atoms with Crippen LogP contribution in [-0.2, 0) is 9.59 Å². The van der Waals surface area contributed by atoms with Crippen LogP contribution in [0.3, 0.4) is 0 Å². The molecule has 1 aliphatic rings. The van der Waals surface area contributed by atoms with Gasteiger partial charge in [0.05, 0.1) is 29.3 Å². The van der Waals surface area contributed by atoms with Crippen molar-refractivity contribution in [3.8, 4) is 5.75 Å². The normalized spacial score (nSPS) is 18.0. The van der Waals surface area contributed by atoms with Gasteiger partial charge in [-0.3, -0.25) is 9.59 Å². The molecule has 1 heterocycles. The molecule has 1 saturated heterocycles. The van der Waals surface area contributed by atoms with E-state index in [1.54, 1.807) is 0 Å². The van der Waals surface area contributed by atoms with E-state index >= 15 is 0 Å². The topological polar surface area (TPSA) is 66.8 Å². The first kappa shape index (κ1) is 23.2. The highest BCUT2D eigenvalue weighted by atomic mass is 35.5. The van der Waals surface area contributed by atoms with Crippen LogP contribution in [0, 0.1) is 6.92 Å². The molecular weight excluding hydrogens is 437 g/mol. The van der Waals surface area contributed by atoms with Gasteiger partial charge in [-0.2, -0.15) is 0 Å². The van der Waals surface area contributed by atoms with Gasteiger partial charge in [0.25, 0.3) is 11.7 Å². The smallest absolute Gasteiger partial charge is 0.295 e. The van der Waals surface area contributed by atoms with Crippen LogP contribution in [0.4, 0.5) is 0 Å². The number of hydrogen-bond acceptors (Lipinski definition) is 4. The third-order valence-corrected chi connectivity index (χ3v) is 5.87. The number of hydrogen-bond donors (Lipinski definition) is 1. The van der Waals surface area contributed by atoms with Crippen molar-refractivity contribution in [3.05, 3.63) is 68.7 Å². The molecule has 2 aromatic carbocycles. The number of methoxy groups -OCH3 is 1. The molecule has 31 heavy (non-hydrogen) atoms. The summed E-state index contributed by atoms with van der Waals surface area (Å²) in [5, 5.41) is 11.7. The lowest BCUT2D eigenvalue weighted by molar-refractivity contribution is -0.139. The van der Waals surface area contributed by atoms with Crippen molar-refractivity contribution in [1.82, 2.24) is 4.90 Å². The van der Waals surface area contributed by atoms with Crippen LogP contribution in [0.2, 0.25) is 10.0 Å². The van der Waals surface area contributed by atoms with Crippen molar-refractivity contribution in [3.63, 3.8) is 0 Å². The Morgan fingerprint density at radius 1 is 1.16 bits per heavy atom. The third kappa shape index (κ3) is 4.58. The second-order valence-corrected chi connectivity index (χ2v) is 8.43. The van der Waals surface area contributed by atoms with Gasteiger partial charge in [0.15, 0.2) is 0 Å². The second-order valence-electron chi connectivity index (χ2n) is 7.58. The molecule has 0 aromatic heterocycles. The Morgan fingerprint density at radius 2 is 1.90 bits per heavy atom. The highest BCUT2D eigenvalue weighted by Crippen LogP contribution is 2.43. The summed E-state index contributed by atoms with van der Waals surface area (Å²) in [5.74, 6) is -1.54. The largest absolute Gasteiger partial charge is 0.507 e. The SMILES string of the molecule is CCCCCN1C(=O)C(=O)/C(=C(/O)c2cc(Cl)cc(Cl)c2OC)C1c1cccc(C)c1. The number of aliphatic hydroxyl groups is 1. The predicted molar refractivity (Wildman–Crippen MR) is 123 cm³/mol. The lowest BCUT2D eigenvalue weighted by Gasteiger charge is -2.25. The molecule has 0 aliphatic carbocycles. The molecule has 0 spiro atoms. The second kappa shape index (κ2) is 9.75. The molecule has 5 nitrogen and oxygen atoms in total. The summed E-state index contributed by atoms with van der Waals surface area (Å²) >= 11 is 12.4. The van der Waals surface area contributed by atoms with E-state index in [1.165, 1.54) is 24.1 Å². The van der Waals surface area contributed by atoms with Crippen LogP contribution in [0.1, 0.15) is 48.9 Å². The number of rotatable bonds is 7. The predicted octanol–water partition coefficient (Wildman–Crippen LogP) is 5.92. The molecule has 1 atom stereocenters. The lowest BCUT2D eigenvalue weighted by Crippen LogP contribution is -2.30. The fourth-order valence-electron chi connectivity index (χ4n) is 3.92. The van der Waals surface area contributed by atoms with Crippen LogP contribution in [0.15, 0.2) is 42.0 Å². The van der Waals surface area contributed by atoms with Crippen LogP contribution in [-0.4, -0.2) is 35.4 Å². The Hall–Kier alpha value is -2.50. The number of halogens is 2. The van der Waals surface area contributed by atoms with Crippen molar-refractivity contribution in [2.75, 3.05) is 13.7 Å². The van der Waals surface area contributed by atoms with E-state index in [9.17, 15) is 14.7 Å². The Labute approximate surface area is 192 Å². The number of aliphatic hydroxyl groups excluding tert-OH is 1. The van der Waals surface area contributed by atoms with Crippen LogP contribution < -0.4 is 4.74 Å². The maximum Gasteiger partial charge on any atom is 0.295 e. The first-order valence-electron chi connectivity index (χ1n) is 10.2. The number of benzene rings is 2. The number of amides is 1. The Bertz CT molecular complexity index is 1050. The zero-order valence-electron chi connectivity index (χ0n) is 17.7. The Balaban J connectivity index is 2.23. The molecule has 164 valence electrons. The molecule has 3 rings (SSSR count). The van der Waals surface area contributed by atoms with Gasteiger partial charge in [0.1, 0.15) is 11.5 Å². The van der Waals surface area contributed by atoms with Gasteiger partial charge in [0, 0.05) is 11.6 Å². The number of likely N-dealkylation sites (tertiary alicyclic amines) is 1. The first-order chi connectivity index (χ1) is 14.8. The van der Waals surface area contributed by atoms with Crippen molar-refractivity contribution in [2.45, 2.75) is 39.2 Å². The summed E-state index contributed by atoms with van der Waals surface area (Å²) in [5.41, 5.74) is 1.91. The number of ketones is 1. The highest BCUT2D eigenvalue weighted by molar-refractivity contribution is 6.46. The van der Waals surface area contributed by atoms with Gasteiger partial charge < -0.3 is 14.7 Å². The monoisotopic (exact) mass is 461 g/mol. The van der Waals surface area contributed by atoms with Crippen LogP contribution >= 0.6 is 23.2 Å². The van der Waals surface area contributed by atoms with E-state index in [0.29, 0.717) is 6.54 Å². The zero-order valence-corrected chi connectivity index (χ0v) is 19.3. The molecule has 1 fully saturated rings. The summed E-state index contributed by atoms with van der Waals surface area (Å²) < 4.78 is 5.35. The standard InChI is InChI=1S/C24H25Cl2NO4/c1-4-5-6-10-27-20(15-9-7-8-14(2)11-15)19(22(29)24(27)30)21(28)17-12-16(25)13-18(26)23(17)31-3/h7-9,11-13,20,28H,4-6,10H2,1-3H3/b21-19+. The number of aryl methyl sites for hydroxylation is 1. The van der Waals surface area contributed by atoms with Crippen molar-refractivity contribution in [2.24, 2.45) is 0 Å². The van der Waals surface area contributed by atoms with Crippen molar-refractivity contribution in [1.29, 1.82) is 0 Å². The van der Waals surface area contributed by atoms with Gasteiger partial charge in [-0.15, -0.1) is 0 Å². The molecule has 0 saturated carbocycles. The van der Waals surface area contributed by atoms with Crippen molar-refractivity contribution >= 4 is 40.7 Å². The molecule has 2 aromatic rings. The maximum atomic E-state index is 13.1. The first-order valence-corrected chi connectivity index (χ1v) is 10.9. The molecule has 1 aliphatic heterocycles. The molecule has 0 bridgehead atoms. The molecule has 1 N–H and O–H groups in total. The maximum absolute atomic E-state index is 13.1. The quantitative estimate of drug-likeness (QED) is 0.240. The van der Waals surface area contributed by atoms with Gasteiger partial charge in [-0.25, -0.2) is 0 Å².